The Hall–Kier alpha value is -2.12. The van der Waals surface area contributed by atoms with E-state index in [1.165, 1.54) is 0 Å². The van der Waals surface area contributed by atoms with E-state index in [-0.39, 0.29) is 37.4 Å². The first-order valence-electron chi connectivity index (χ1n) is 8.27. The van der Waals surface area contributed by atoms with E-state index < -0.39 is 0 Å². The molecule has 136 valence electrons. The molecular weight excluding hydrogens is 344 g/mol. The van der Waals surface area contributed by atoms with Crippen LogP contribution >= 0.6 is 11.6 Å². The number of likely N-dealkylation sites (N-methyl/N-ethyl adjacent to an activating group) is 1. The van der Waals surface area contributed by atoms with E-state index in [9.17, 15) is 14.4 Å². The molecule has 1 aliphatic carbocycles. The van der Waals surface area contributed by atoms with E-state index in [0.717, 1.165) is 23.3 Å². The van der Waals surface area contributed by atoms with Crippen LogP contribution in [0.1, 0.15) is 18.4 Å². The standard InChI is InChI=1S/C17H23ClN4O3/c1-11-13(18)4-3-5-14(11)21-15(23)8-19-16(24)9-22(2)10-17(25)20-12-6-7-12/h3-5,12H,6-10H2,1-2H3,(H,19,24)(H,20,25)(H,21,23)/p+1. The van der Waals surface area contributed by atoms with Crippen LogP contribution in [0.25, 0.3) is 0 Å². The number of quaternary nitrogens is 1. The van der Waals surface area contributed by atoms with Crippen molar-refractivity contribution in [2.75, 3.05) is 32.0 Å². The summed E-state index contributed by atoms with van der Waals surface area (Å²) in [5.74, 6) is -0.667. The Bertz CT molecular complexity index is 661. The number of rotatable bonds is 8. The average molecular weight is 368 g/mol. The van der Waals surface area contributed by atoms with Gasteiger partial charge in [-0.3, -0.25) is 14.4 Å². The molecule has 0 aromatic heterocycles. The molecule has 0 radical (unpaired) electrons. The first kappa shape index (κ1) is 19.2. The van der Waals surface area contributed by atoms with Gasteiger partial charge in [0.15, 0.2) is 13.1 Å². The Morgan fingerprint density at radius 3 is 2.52 bits per heavy atom. The predicted octanol–water partition coefficient (Wildman–Crippen LogP) is -0.504. The number of amides is 3. The van der Waals surface area contributed by atoms with Crippen LogP contribution in [0.3, 0.4) is 0 Å². The summed E-state index contributed by atoms with van der Waals surface area (Å²) in [4.78, 5) is 36.3. The number of hydrogen-bond donors (Lipinski definition) is 4. The first-order chi connectivity index (χ1) is 11.8. The van der Waals surface area contributed by atoms with Crippen LogP contribution in [0.5, 0.6) is 0 Å². The van der Waals surface area contributed by atoms with Crippen LogP contribution in [-0.2, 0) is 14.4 Å². The molecule has 2 rings (SSSR count). The van der Waals surface area contributed by atoms with Crippen molar-refractivity contribution in [3.05, 3.63) is 28.8 Å². The minimum atomic E-state index is -0.331. The van der Waals surface area contributed by atoms with Crippen molar-refractivity contribution in [2.45, 2.75) is 25.8 Å². The molecular formula is C17H24ClN4O3+. The molecule has 1 saturated carbocycles. The van der Waals surface area contributed by atoms with Crippen molar-refractivity contribution in [3.8, 4) is 0 Å². The van der Waals surface area contributed by atoms with Crippen LogP contribution in [0.2, 0.25) is 5.02 Å². The van der Waals surface area contributed by atoms with Gasteiger partial charge >= 0.3 is 0 Å². The van der Waals surface area contributed by atoms with Crippen LogP contribution in [-0.4, -0.2) is 50.4 Å². The van der Waals surface area contributed by atoms with Crippen molar-refractivity contribution >= 4 is 35.0 Å². The van der Waals surface area contributed by atoms with Gasteiger partial charge in [0.2, 0.25) is 5.91 Å². The second-order valence-electron chi connectivity index (χ2n) is 6.39. The minimum absolute atomic E-state index is 0.0537. The molecule has 1 aliphatic rings. The normalized spacial score (nSPS) is 14.5. The smallest absolute Gasteiger partial charge is 0.275 e. The first-order valence-corrected chi connectivity index (χ1v) is 8.65. The Morgan fingerprint density at radius 1 is 1.16 bits per heavy atom. The van der Waals surface area contributed by atoms with Gasteiger partial charge in [0, 0.05) is 16.8 Å². The summed E-state index contributed by atoms with van der Waals surface area (Å²) in [5, 5.41) is 8.71. The van der Waals surface area contributed by atoms with E-state index in [0.29, 0.717) is 16.8 Å². The molecule has 1 aromatic rings. The monoisotopic (exact) mass is 367 g/mol. The lowest BCUT2D eigenvalue weighted by atomic mass is 10.2. The largest absolute Gasteiger partial charge is 0.348 e. The third kappa shape index (κ3) is 6.72. The van der Waals surface area contributed by atoms with Crippen LogP contribution in [0.15, 0.2) is 18.2 Å². The lowest BCUT2D eigenvalue weighted by molar-refractivity contribution is -0.862. The molecule has 0 aliphatic heterocycles. The predicted molar refractivity (Wildman–Crippen MR) is 95.6 cm³/mol. The molecule has 1 atom stereocenters. The van der Waals surface area contributed by atoms with Crippen molar-refractivity contribution in [1.82, 2.24) is 10.6 Å². The topological polar surface area (TPSA) is 91.7 Å². The number of nitrogens with one attached hydrogen (secondary N) is 4. The van der Waals surface area contributed by atoms with E-state index >= 15 is 0 Å². The highest BCUT2D eigenvalue weighted by atomic mass is 35.5. The highest BCUT2D eigenvalue weighted by Crippen LogP contribution is 2.22. The fourth-order valence-corrected chi connectivity index (χ4v) is 2.47. The van der Waals surface area contributed by atoms with E-state index in [1.54, 1.807) is 25.2 Å². The van der Waals surface area contributed by atoms with E-state index in [4.69, 9.17) is 11.6 Å². The van der Waals surface area contributed by atoms with Gasteiger partial charge in [0.05, 0.1) is 13.6 Å². The van der Waals surface area contributed by atoms with Crippen LogP contribution < -0.4 is 20.9 Å². The second kappa shape index (κ2) is 8.82. The fourth-order valence-electron chi connectivity index (χ4n) is 2.30. The van der Waals surface area contributed by atoms with E-state index in [1.807, 2.05) is 6.92 Å². The third-order valence-electron chi connectivity index (χ3n) is 3.86. The molecule has 4 N–H and O–H groups in total. The molecule has 0 bridgehead atoms. The van der Waals surface area contributed by atoms with Gasteiger partial charge in [-0.05, 0) is 37.5 Å². The van der Waals surface area contributed by atoms with Gasteiger partial charge < -0.3 is 20.9 Å². The fraction of sp³-hybridized carbons (Fsp3) is 0.471. The SMILES string of the molecule is Cc1c(Cl)cccc1NC(=O)CNC(=O)C[NH+](C)CC(=O)NC1CC1. The van der Waals surface area contributed by atoms with Gasteiger partial charge in [-0.15, -0.1) is 0 Å². The maximum absolute atomic E-state index is 11.9. The maximum Gasteiger partial charge on any atom is 0.275 e. The lowest BCUT2D eigenvalue weighted by Crippen LogP contribution is -3.11. The van der Waals surface area contributed by atoms with Crippen molar-refractivity contribution < 1.29 is 19.3 Å². The molecule has 7 nitrogen and oxygen atoms in total. The van der Waals surface area contributed by atoms with Crippen molar-refractivity contribution in [3.63, 3.8) is 0 Å². The zero-order valence-corrected chi connectivity index (χ0v) is 15.2. The summed E-state index contributed by atoms with van der Waals surface area (Å²) < 4.78 is 0. The van der Waals surface area contributed by atoms with Gasteiger partial charge in [0.1, 0.15) is 0 Å². The van der Waals surface area contributed by atoms with Gasteiger partial charge in [-0.1, -0.05) is 17.7 Å². The molecule has 1 unspecified atom stereocenters. The summed E-state index contributed by atoms with van der Waals surface area (Å²) in [6, 6.07) is 5.55. The Kier molecular flexibility index (Phi) is 6.78. The minimum Gasteiger partial charge on any atom is -0.348 e. The lowest BCUT2D eigenvalue weighted by Gasteiger charge is -2.14. The molecule has 3 amide bonds. The summed E-state index contributed by atoms with van der Waals surface area (Å²) in [5.41, 5.74) is 1.39. The highest BCUT2D eigenvalue weighted by molar-refractivity contribution is 6.31. The summed E-state index contributed by atoms with van der Waals surface area (Å²) in [6.07, 6.45) is 2.07. The molecule has 1 fully saturated rings. The summed E-state index contributed by atoms with van der Waals surface area (Å²) >= 11 is 6.00. The van der Waals surface area contributed by atoms with Crippen LogP contribution in [0, 0.1) is 6.92 Å². The Morgan fingerprint density at radius 2 is 1.84 bits per heavy atom. The van der Waals surface area contributed by atoms with E-state index in [2.05, 4.69) is 16.0 Å². The third-order valence-corrected chi connectivity index (χ3v) is 4.26. The number of halogens is 1. The maximum atomic E-state index is 11.9. The molecule has 8 heteroatoms. The number of carbonyl (C=O) groups is 3. The highest BCUT2D eigenvalue weighted by Gasteiger charge is 2.24. The number of hydrogen-bond acceptors (Lipinski definition) is 3. The Labute approximate surface area is 152 Å². The van der Waals surface area contributed by atoms with Crippen LogP contribution in [0.4, 0.5) is 5.69 Å². The van der Waals surface area contributed by atoms with Crippen molar-refractivity contribution in [1.29, 1.82) is 0 Å². The van der Waals surface area contributed by atoms with Gasteiger partial charge in [-0.25, -0.2) is 0 Å². The number of carbonyl (C=O) groups excluding carboxylic acids is 3. The zero-order chi connectivity index (χ0) is 18.4. The summed E-state index contributed by atoms with van der Waals surface area (Å²) in [7, 11) is 1.77. The molecule has 0 saturated heterocycles. The number of anilines is 1. The zero-order valence-electron chi connectivity index (χ0n) is 14.4. The molecule has 0 heterocycles. The average Bonchev–Trinajstić information content (AvgIpc) is 3.33. The van der Waals surface area contributed by atoms with Gasteiger partial charge in [-0.2, -0.15) is 0 Å². The Balaban J connectivity index is 1.68. The second-order valence-corrected chi connectivity index (χ2v) is 6.80. The quantitative estimate of drug-likeness (QED) is 0.499. The van der Waals surface area contributed by atoms with Gasteiger partial charge in [0.25, 0.3) is 11.8 Å². The number of benzene rings is 1. The molecule has 0 spiro atoms. The van der Waals surface area contributed by atoms with Crippen molar-refractivity contribution in [2.24, 2.45) is 0 Å². The molecule has 25 heavy (non-hydrogen) atoms. The summed E-state index contributed by atoms with van der Waals surface area (Å²) in [6.45, 7) is 2.03. The molecule has 1 aromatic carbocycles.